The minimum absolute atomic E-state index is 0.214. The Bertz CT molecular complexity index is 515. The molecule has 4 bridgehead atoms. The number of amides is 1. The van der Waals surface area contributed by atoms with Gasteiger partial charge in [0, 0.05) is 5.41 Å². The van der Waals surface area contributed by atoms with Crippen molar-refractivity contribution in [2.75, 3.05) is 0 Å². The summed E-state index contributed by atoms with van der Waals surface area (Å²) in [5.74, 6) is -0.144. The third-order valence-electron chi connectivity index (χ3n) is 5.46. The monoisotopic (exact) mass is 309 g/mol. The van der Waals surface area contributed by atoms with Crippen LogP contribution >= 0.6 is 0 Å². The molecule has 3 N–H and O–H groups in total. The highest BCUT2D eigenvalue weighted by atomic mass is 16.6. The minimum Gasteiger partial charge on any atom is -0.480 e. The lowest BCUT2D eigenvalue weighted by Crippen LogP contribution is -2.64. The summed E-state index contributed by atoms with van der Waals surface area (Å²) < 4.78 is 4.85. The fraction of sp³-hybridized carbons (Fsp3) is 0.750. The zero-order valence-corrected chi connectivity index (χ0v) is 12.8. The number of ether oxygens (including phenoxy) is 1. The van der Waals surface area contributed by atoms with Gasteiger partial charge in [-0.3, -0.25) is 0 Å². The van der Waals surface area contributed by atoms with Crippen LogP contribution in [0.1, 0.15) is 45.4 Å². The van der Waals surface area contributed by atoms with Crippen LogP contribution in [-0.2, 0) is 9.53 Å². The summed E-state index contributed by atoms with van der Waals surface area (Å²) >= 11 is 0. The average molecular weight is 309 g/mol. The normalized spacial score (nSPS) is 40.1. The summed E-state index contributed by atoms with van der Waals surface area (Å²) in [6, 6.07) is -1.03. The fourth-order valence-electron chi connectivity index (χ4n) is 5.40. The topological polar surface area (TPSA) is 95.9 Å². The molecule has 22 heavy (non-hydrogen) atoms. The molecule has 3 atom stereocenters. The van der Waals surface area contributed by atoms with Crippen molar-refractivity contribution in [1.29, 1.82) is 0 Å². The molecule has 4 aliphatic carbocycles. The molecule has 0 aliphatic heterocycles. The Morgan fingerprint density at radius 1 is 1.27 bits per heavy atom. The van der Waals surface area contributed by atoms with Crippen molar-refractivity contribution in [3.05, 3.63) is 12.3 Å². The number of carbonyl (C=O) groups excluding carboxylic acids is 1. The Hall–Kier alpha value is -1.56. The molecule has 4 aliphatic rings. The number of hydrogen-bond acceptors (Lipinski definition) is 4. The van der Waals surface area contributed by atoms with Crippen molar-refractivity contribution in [1.82, 2.24) is 5.32 Å². The van der Waals surface area contributed by atoms with E-state index in [1.54, 1.807) is 0 Å². The number of aliphatic hydroxyl groups is 1. The summed E-state index contributed by atoms with van der Waals surface area (Å²) in [5, 5.41) is 22.8. The molecule has 2 unspecified atom stereocenters. The second-order valence-electron chi connectivity index (χ2n) is 7.55. The van der Waals surface area contributed by atoms with Crippen molar-refractivity contribution in [2.45, 2.75) is 57.1 Å². The van der Waals surface area contributed by atoms with Crippen LogP contribution in [-0.4, -0.2) is 33.9 Å². The lowest BCUT2D eigenvalue weighted by atomic mass is 9.46. The summed E-state index contributed by atoms with van der Waals surface area (Å²) in [5.41, 5.74) is -1.34. The smallest absolute Gasteiger partial charge is 0.412 e. The SMILES string of the molecule is C=C(C)OC(=O)N[C@H](C(=O)O)C12CC3CC(CC(O)(C3)C1)C2. The first-order chi connectivity index (χ1) is 10.2. The molecule has 6 nitrogen and oxygen atoms in total. The van der Waals surface area contributed by atoms with E-state index in [2.05, 4.69) is 11.9 Å². The van der Waals surface area contributed by atoms with Gasteiger partial charge in [-0.25, -0.2) is 9.59 Å². The zero-order chi connectivity index (χ0) is 16.1. The number of rotatable bonds is 4. The van der Waals surface area contributed by atoms with Crippen LogP contribution in [0.15, 0.2) is 12.3 Å². The number of carboxylic acids is 1. The van der Waals surface area contributed by atoms with Gasteiger partial charge in [0.25, 0.3) is 0 Å². The molecule has 122 valence electrons. The van der Waals surface area contributed by atoms with Crippen LogP contribution in [0.4, 0.5) is 4.79 Å². The van der Waals surface area contributed by atoms with Crippen LogP contribution in [0.3, 0.4) is 0 Å². The highest BCUT2D eigenvalue weighted by Gasteiger charge is 2.61. The predicted octanol–water partition coefficient (Wildman–Crippen LogP) is 2.03. The Labute approximate surface area is 129 Å². The second-order valence-corrected chi connectivity index (χ2v) is 7.55. The average Bonchev–Trinajstić information content (AvgIpc) is 2.31. The largest absolute Gasteiger partial charge is 0.480 e. The third-order valence-corrected chi connectivity index (χ3v) is 5.46. The molecule has 0 aromatic carbocycles. The van der Waals surface area contributed by atoms with Gasteiger partial charge in [0.05, 0.1) is 11.4 Å². The van der Waals surface area contributed by atoms with E-state index in [1.165, 1.54) is 6.92 Å². The Kier molecular flexibility index (Phi) is 3.47. The number of aliphatic carboxylic acids is 1. The molecular formula is C16H23NO5. The van der Waals surface area contributed by atoms with E-state index < -0.39 is 29.1 Å². The molecule has 1 amide bonds. The predicted molar refractivity (Wildman–Crippen MR) is 77.9 cm³/mol. The molecule has 0 aromatic rings. The van der Waals surface area contributed by atoms with E-state index in [1.807, 2.05) is 0 Å². The number of carbonyl (C=O) groups is 2. The number of carboxylic acid groups (broad SMARTS) is 1. The van der Waals surface area contributed by atoms with E-state index in [4.69, 9.17) is 4.74 Å². The summed E-state index contributed by atoms with van der Waals surface area (Å²) in [6.45, 7) is 5.01. The van der Waals surface area contributed by atoms with Gasteiger partial charge in [0.2, 0.25) is 0 Å². The highest BCUT2D eigenvalue weighted by Crippen LogP contribution is 2.62. The molecule has 0 saturated heterocycles. The maximum Gasteiger partial charge on any atom is 0.412 e. The van der Waals surface area contributed by atoms with Gasteiger partial charge in [0.15, 0.2) is 0 Å². The van der Waals surface area contributed by atoms with E-state index in [-0.39, 0.29) is 5.76 Å². The summed E-state index contributed by atoms with van der Waals surface area (Å²) in [4.78, 5) is 23.6. The Morgan fingerprint density at radius 2 is 1.86 bits per heavy atom. The molecule has 0 radical (unpaired) electrons. The molecular weight excluding hydrogens is 286 g/mol. The van der Waals surface area contributed by atoms with Crippen molar-refractivity contribution in [3.63, 3.8) is 0 Å². The number of alkyl carbamates (subject to hydrolysis) is 1. The molecule has 4 saturated carbocycles. The van der Waals surface area contributed by atoms with Gasteiger partial charge in [-0.2, -0.15) is 0 Å². The fourth-order valence-corrected chi connectivity index (χ4v) is 5.40. The standard InChI is InChI=1S/C16H23NO5/c1-9(2)22-14(20)17-12(13(18)19)15-4-10-3-11(5-15)7-16(21,6-10)8-15/h10-12,21H,1,3-8H2,2H3,(H,17,20)(H,18,19)/t10?,11?,12-,15?,16?/m1/s1. The number of allylic oxidation sites excluding steroid dienone is 1. The molecule has 6 heteroatoms. The summed E-state index contributed by atoms with van der Waals surface area (Å²) in [6.07, 6.45) is 3.72. The zero-order valence-electron chi connectivity index (χ0n) is 12.8. The molecule has 0 aromatic heterocycles. The van der Waals surface area contributed by atoms with Crippen LogP contribution in [0.25, 0.3) is 0 Å². The molecule has 4 rings (SSSR count). The second kappa shape index (κ2) is 4.98. The first kappa shape index (κ1) is 15.3. The van der Waals surface area contributed by atoms with Crippen LogP contribution in [0.2, 0.25) is 0 Å². The Morgan fingerprint density at radius 3 is 2.32 bits per heavy atom. The first-order valence-corrected chi connectivity index (χ1v) is 7.80. The molecule has 0 spiro atoms. The van der Waals surface area contributed by atoms with Crippen LogP contribution in [0, 0.1) is 17.3 Å². The van der Waals surface area contributed by atoms with Crippen molar-refractivity contribution < 1.29 is 24.5 Å². The van der Waals surface area contributed by atoms with E-state index >= 15 is 0 Å². The lowest BCUT2D eigenvalue weighted by molar-refractivity contribution is -0.182. The van der Waals surface area contributed by atoms with Gasteiger partial charge in [-0.05, 0) is 57.3 Å². The van der Waals surface area contributed by atoms with Gasteiger partial charge in [0.1, 0.15) is 6.04 Å². The minimum atomic E-state index is -1.07. The van der Waals surface area contributed by atoms with Crippen LogP contribution in [0.5, 0.6) is 0 Å². The maximum absolute atomic E-state index is 11.8. The number of hydrogen-bond donors (Lipinski definition) is 3. The lowest BCUT2D eigenvalue weighted by Gasteiger charge is -2.61. The van der Waals surface area contributed by atoms with Crippen molar-refractivity contribution in [3.8, 4) is 0 Å². The van der Waals surface area contributed by atoms with Crippen molar-refractivity contribution in [2.24, 2.45) is 17.3 Å². The Balaban J connectivity index is 1.83. The van der Waals surface area contributed by atoms with E-state index in [0.29, 0.717) is 18.3 Å². The third kappa shape index (κ3) is 2.60. The summed E-state index contributed by atoms with van der Waals surface area (Å²) in [7, 11) is 0. The van der Waals surface area contributed by atoms with E-state index in [9.17, 15) is 19.8 Å². The van der Waals surface area contributed by atoms with Gasteiger partial charge in [-0.1, -0.05) is 6.58 Å². The number of nitrogens with one attached hydrogen (secondary N) is 1. The maximum atomic E-state index is 11.8. The van der Waals surface area contributed by atoms with Gasteiger partial charge >= 0.3 is 12.1 Å². The quantitative estimate of drug-likeness (QED) is 0.691. The molecule has 4 fully saturated rings. The van der Waals surface area contributed by atoms with Crippen molar-refractivity contribution >= 4 is 12.1 Å². The van der Waals surface area contributed by atoms with Gasteiger partial charge in [-0.15, -0.1) is 0 Å². The van der Waals surface area contributed by atoms with E-state index in [0.717, 1.165) is 32.1 Å². The molecule has 0 heterocycles. The first-order valence-electron chi connectivity index (χ1n) is 7.80. The van der Waals surface area contributed by atoms with Gasteiger partial charge < -0.3 is 20.3 Å². The highest BCUT2D eigenvalue weighted by molar-refractivity contribution is 5.81. The van der Waals surface area contributed by atoms with Crippen LogP contribution < -0.4 is 5.32 Å².